The Labute approximate surface area is 116 Å². The van der Waals surface area contributed by atoms with Gasteiger partial charge in [0.05, 0.1) is 0 Å². The van der Waals surface area contributed by atoms with Crippen LogP contribution in [0.5, 0.6) is 0 Å². The lowest BCUT2D eigenvalue weighted by molar-refractivity contribution is 0.795. The van der Waals surface area contributed by atoms with Crippen LogP contribution in [0.1, 0.15) is 30.9 Å². The maximum atomic E-state index is 3.23. The molecule has 0 unspecified atom stereocenters. The van der Waals surface area contributed by atoms with Gasteiger partial charge in [0, 0.05) is 6.54 Å². The van der Waals surface area contributed by atoms with E-state index in [1.807, 2.05) is 7.05 Å². The Morgan fingerprint density at radius 2 is 1.68 bits per heavy atom. The first kappa shape index (κ1) is 13.8. The van der Waals surface area contributed by atoms with E-state index in [-0.39, 0.29) is 0 Å². The summed E-state index contributed by atoms with van der Waals surface area (Å²) in [4.78, 5) is 0. The van der Waals surface area contributed by atoms with Gasteiger partial charge in [-0.05, 0) is 42.1 Å². The number of unbranched alkanes of at least 4 members (excludes halogenated alkanes) is 1. The fraction of sp³-hybridized carbons (Fsp3) is 0.333. The molecule has 0 bridgehead atoms. The topological polar surface area (TPSA) is 12.0 Å². The third kappa shape index (κ3) is 3.68. The molecule has 1 heteroatoms. The smallest absolute Gasteiger partial charge is 0.0208 e. The van der Waals surface area contributed by atoms with Crippen LogP contribution in [0.2, 0.25) is 0 Å². The highest BCUT2D eigenvalue weighted by atomic mass is 14.8. The summed E-state index contributed by atoms with van der Waals surface area (Å²) in [6.45, 7) is 3.15. The summed E-state index contributed by atoms with van der Waals surface area (Å²) in [6.07, 6.45) is 3.72. The Morgan fingerprint density at radius 3 is 2.37 bits per heavy atom. The highest BCUT2D eigenvalue weighted by Crippen LogP contribution is 2.24. The van der Waals surface area contributed by atoms with Crippen molar-refractivity contribution in [2.45, 2.75) is 32.7 Å². The molecule has 0 fully saturated rings. The fourth-order valence-corrected chi connectivity index (χ4v) is 2.38. The van der Waals surface area contributed by atoms with Crippen molar-refractivity contribution >= 4 is 0 Å². The summed E-state index contributed by atoms with van der Waals surface area (Å²) in [7, 11) is 1.99. The molecule has 0 atom stereocenters. The van der Waals surface area contributed by atoms with E-state index in [4.69, 9.17) is 0 Å². The van der Waals surface area contributed by atoms with E-state index in [1.54, 1.807) is 0 Å². The molecule has 0 saturated carbocycles. The summed E-state index contributed by atoms with van der Waals surface area (Å²) < 4.78 is 0. The highest BCUT2D eigenvalue weighted by Gasteiger charge is 2.03. The van der Waals surface area contributed by atoms with Gasteiger partial charge in [-0.1, -0.05) is 61.9 Å². The molecule has 2 aromatic rings. The number of aryl methyl sites for hydroxylation is 1. The summed E-state index contributed by atoms with van der Waals surface area (Å²) in [5, 5.41) is 3.23. The first-order valence-corrected chi connectivity index (χ1v) is 7.17. The fourth-order valence-electron chi connectivity index (χ4n) is 2.38. The van der Waals surface area contributed by atoms with Crippen molar-refractivity contribution in [1.82, 2.24) is 5.32 Å². The first-order chi connectivity index (χ1) is 9.35. The van der Waals surface area contributed by atoms with Gasteiger partial charge in [-0.2, -0.15) is 0 Å². The molecule has 0 aliphatic carbocycles. The SMILES string of the molecule is CCCCc1ccc(-c2ccccc2CNC)cc1. The number of rotatable bonds is 6. The molecule has 0 aliphatic rings. The Hall–Kier alpha value is -1.60. The van der Waals surface area contributed by atoms with Crippen molar-refractivity contribution in [1.29, 1.82) is 0 Å². The van der Waals surface area contributed by atoms with Gasteiger partial charge in [0.2, 0.25) is 0 Å². The third-order valence-electron chi connectivity index (χ3n) is 3.47. The van der Waals surface area contributed by atoms with Gasteiger partial charge in [-0.3, -0.25) is 0 Å². The molecule has 0 heterocycles. The minimum Gasteiger partial charge on any atom is -0.316 e. The summed E-state index contributed by atoms with van der Waals surface area (Å²) in [5.41, 5.74) is 5.44. The molecular formula is C18H23N. The zero-order chi connectivity index (χ0) is 13.5. The number of hydrogen-bond donors (Lipinski definition) is 1. The minimum absolute atomic E-state index is 0.910. The van der Waals surface area contributed by atoms with Crippen LogP contribution in [0.25, 0.3) is 11.1 Å². The molecule has 0 radical (unpaired) electrons. The molecule has 2 aromatic carbocycles. The van der Waals surface area contributed by atoms with Crippen molar-refractivity contribution in [2.75, 3.05) is 7.05 Å². The molecule has 0 saturated heterocycles. The number of hydrogen-bond acceptors (Lipinski definition) is 1. The predicted molar refractivity (Wildman–Crippen MR) is 83.3 cm³/mol. The largest absolute Gasteiger partial charge is 0.316 e. The second-order valence-electron chi connectivity index (χ2n) is 4.99. The van der Waals surface area contributed by atoms with Gasteiger partial charge in [-0.15, -0.1) is 0 Å². The van der Waals surface area contributed by atoms with Gasteiger partial charge in [0.1, 0.15) is 0 Å². The molecule has 1 N–H and O–H groups in total. The van der Waals surface area contributed by atoms with Crippen LogP contribution < -0.4 is 5.32 Å². The summed E-state index contributed by atoms with van der Waals surface area (Å²) in [5.74, 6) is 0. The van der Waals surface area contributed by atoms with Crippen LogP contribution in [0.4, 0.5) is 0 Å². The normalized spacial score (nSPS) is 10.6. The number of nitrogens with one attached hydrogen (secondary N) is 1. The highest BCUT2D eigenvalue weighted by molar-refractivity contribution is 5.67. The second kappa shape index (κ2) is 7.10. The molecular weight excluding hydrogens is 230 g/mol. The average molecular weight is 253 g/mol. The van der Waals surface area contributed by atoms with Gasteiger partial charge in [0.15, 0.2) is 0 Å². The molecule has 0 aromatic heterocycles. The Morgan fingerprint density at radius 1 is 0.947 bits per heavy atom. The van der Waals surface area contributed by atoms with Crippen LogP contribution in [0.3, 0.4) is 0 Å². The molecule has 0 amide bonds. The monoisotopic (exact) mass is 253 g/mol. The van der Waals surface area contributed by atoms with E-state index in [9.17, 15) is 0 Å². The molecule has 0 spiro atoms. The maximum Gasteiger partial charge on any atom is 0.0208 e. The summed E-state index contributed by atoms with van der Waals surface area (Å²) >= 11 is 0. The van der Waals surface area contributed by atoms with Crippen LogP contribution in [0, 0.1) is 0 Å². The lowest BCUT2D eigenvalue weighted by Gasteiger charge is -2.10. The van der Waals surface area contributed by atoms with E-state index < -0.39 is 0 Å². The zero-order valence-corrected chi connectivity index (χ0v) is 11.9. The molecule has 0 aliphatic heterocycles. The van der Waals surface area contributed by atoms with E-state index in [0.29, 0.717) is 0 Å². The van der Waals surface area contributed by atoms with Crippen molar-refractivity contribution < 1.29 is 0 Å². The van der Waals surface area contributed by atoms with E-state index in [0.717, 1.165) is 6.54 Å². The minimum atomic E-state index is 0.910. The lowest BCUT2D eigenvalue weighted by atomic mass is 9.97. The number of benzene rings is 2. The van der Waals surface area contributed by atoms with Gasteiger partial charge in [-0.25, -0.2) is 0 Å². The van der Waals surface area contributed by atoms with Crippen molar-refractivity contribution in [3.63, 3.8) is 0 Å². The Bertz CT molecular complexity index is 499. The van der Waals surface area contributed by atoms with Gasteiger partial charge in [0.25, 0.3) is 0 Å². The van der Waals surface area contributed by atoms with E-state index >= 15 is 0 Å². The van der Waals surface area contributed by atoms with Crippen LogP contribution >= 0.6 is 0 Å². The van der Waals surface area contributed by atoms with Gasteiger partial charge < -0.3 is 5.32 Å². The quantitative estimate of drug-likeness (QED) is 0.803. The van der Waals surface area contributed by atoms with E-state index in [2.05, 4.69) is 60.8 Å². The molecule has 1 nitrogen and oxygen atoms in total. The molecule has 2 rings (SSSR count). The zero-order valence-electron chi connectivity index (χ0n) is 11.9. The van der Waals surface area contributed by atoms with Crippen molar-refractivity contribution in [3.8, 4) is 11.1 Å². The van der Waals surface area contributed by atoms with Crippen LogP contribution in [0.15, 0.2) is 48.5 Å². The molecule has 100 valence electrons. The standard InChI is InChI=1S/C18H23N/c1-3-4-7-15-10-12-16(13-11-15)18-9-6-5-8-17(18)14-19-2/h5-6,8-13,19H,3-4,7,14H2,1-2H3. The van der Waals surface area contributed by atoms with Crippen LogP contribution in [-0.2, 0) is 13.0 Å². The van der Waals surface area contributed by atoms with Crippen molar-refractivity contribution in [3.05, 3.63) is 59.7 Å². The average Bonchev–Trinajstić information content (AvgIpc) is 2.47. The molecule has 19 heavy (non-hydrogen) atoms. The second-order valence-corrected chi connectivity index (χ2v) is 4.99. The lowest BCUT2D eigenvalue weighted by Crippen LogP contribution is -2.06. The van der Waals surface area contributed by atoms with Crippen molar-refractivity contribution in [2.24, 2.45) is 0 Å². The summed E-state index contributed by atoms with van der Waals surface area (Å²) in [6, 6.07) is 17.6. The van der Waals surface area contributed by atoms with Crippen LogP contribution in [-0.4, -0.2) is 7.05 Å². The first-order valence-electron chi connectivity index (χ1n) is 7.17. The third-order valence-corrected chi connectivity index (χ3v) is 3.47. The Balaban J connectivity index is 2.22. The predicted octanol–water partition coefficient (Wildman–Crippen LogP) is 4.42. The van der Waals surface area contributed by atoms with E-state index in [1.165, 1.54) is 41.5 Å². The Kier molecular flexibility index (Phi) is 5.17. The van der Waals surface area contributed by atoms with Gasteiger partial charge >= 0.3 is 0 Å². The maximum absolute atomic E-state index is 3.23.